The molecule has 0 saturated carbocycles. The lowest BCUT2D eigenvalue weighted by molar-refractivity contribution is -0.118. The predicted octanol–water partition coefficient (Wildman–Crippen LogP) is 3.81. The summed E-state index contributed by atoms with van der Waals surface area (Å²) in [6, 6.07) is 15.4. The van der Waals surface area contributed by atoms with Crippen LogP contribution in [0, 0.1) is 6.92 Å². The lowest BCUT2D eigenvalue weighted by Gasteiger charge is -2.07. The smallest absolute Gasteiger partial charge is 0.239 e. The van der Waals surface area contributed by atoms with Gasteiger partial charge in [0.05, 0.1) is 11.5 Å². The average molecular weight is 358 g/mol. The fourth-order valence-electron chi connectivity index (χ4n) is 2.32. The average Bonchev–Trinajstić information content (AvgIpc) is 2.91. The number of rotatable bonds is 4. The van der Waals surface area contributed by atoms with Crippen molar-refractivity contribution in [2.45, 2.75) is 18.6 Å². The van der Waals surface area contributed by atoms with E-state index < -0.39 is 0 Å². The van der Waals surface area contributed by atoms with Gasteiger partial charge in [-0.25, -0.2) is 0 Å². The second kappa shape index (κ2) is 7.64. The van der Waals surface area contributed by atoms with Gasteiger partial charge in [-0.05, 0) is 42.2 Å². The fraction of sp³-hybridized carbons (Fsp3) is 0.167. The van der Waals surface area contributed by atoms with E-state index in [9.17, 15) is 4.79 Å². The van der Waals surface area contributed by atoms with E-state index in [0.29, 0.717) is 16.6 Å². The summed E-state index contributed by atoms with van der Waals surface area (Å²) in [5, 5.41) is 11.9. The molecule has 24 heavy (non-hydrogen) atoms. The molecular weight excluding hydrogens is 342 g/mol. The van der Waals surface area contributed by atoms with Crippen molar-refractivity contribution in [1.82, 2.24) is 5.32 Å². The quantitative estimate of drug-likeness (QED) is 0.668. The van der Waals surface area contributed by atoms with Crippen molar-refractivity contribution in [2.75, 3.05) is 0 Å². The molecule has 1 atom stereocenters. The summed E-state index contributed by atoms with van der Waals surface area (Å²) in [4.78, 5) is 12.1. The van der Waals surface area contributed by atoms with Gasteiger partial charge in [-0.15, -0.1) is 5.10 Å². The van der Waals surface area contributed by atoms with Gasteiger partial charge in [0.25, 0.3) is 0 Å². The Labute approximate surface area is 150 Å². The van der Waals surface area contributed by atoms with Crippen LogP contribution in [-0.2, 0) is 11.2 Å². The summed E-state index contributed by atoms with van der Waals surface area (Å²) in [5.41, 5.74) is 3.27. The van der Waals surface area contributed by atoms with E-state index in [1.807, 2.05) is 24.3 Å². The van der Waals surface area contributed by atoms with Crippen LogP contribution in [-0.4, -0.2) is 22.5 Å². The van der Waals surface area contributed by atoms with Crippen molar-refractivity contribution >= 4 is 40.7 Å². The number of amidine groups is 1. The van der Waals surface area contributed by atoms with Gasteiger partial charge in [-0.1, -0.05) is 59.8 Å². The van der Waals surface area contributed by atoms with Crippen LogP contribution in [0.5, 0.6) is 0 Å². The third kappa shape index (κ3) is 4.24. The van der Waals surface area contributed by atoms with Crippen molar-refractivity contribution in [3.05, 3.63) is 70.2 Å². The molecule has 1 fully saturated rings. The first-order chi connectivity index (χ1) is 11.6. The summed E-state index contributed by atoms with van der Waals surface area (Å²) < 4.78 is 0. The third-order valence-corrected chi connectivity index (χ3v) is 4.99. The second-order valence-corrected chi connectivity index (χ2v) is 7.06. The molecule has 0 aromatic heterocycles. The molecule has 1 amide bonds. The molecule has 122 valence electrons. The Morgan fingerprint density at radius 2 is 1.96 bits per heavy atom. The Morgan fingerprint density at radius 3 is 2.71 bits per heavy atom. The zero-order valence-corrected chi connectivity index (χ0v) is 14.6. The van der Waals surface area contributed by atoms with Crippen molar-refractivity contribution < 1.29 is 4.79 Å². The minimum absolute atomic E-state index is 0.0244. The van der Waals surface area contributed by atoms with E-state index in [1.165, 1.54) is 22.9 Å². The molecule has 1 aliphatic heterocycles. The minimum atomic E-state index is -0.171. The minimum Gasteiger partial charge on any atom is -0.303 e. The summed E-state index contributed by atoms with van der Waals surface area (Å²) in [6.45, 7) is 2.05. The van der Waals surface area contributed by atoms with Crippen molar-refractivity contribution in [1.29, 1.82) is 0 Å². The normalized spacial score (nSPS) is 19.2. The summed E-state index contributed by atoms with van der Waals surface area (Å²) in [6.07, 6.45) is 2.31. The molecule has 3 rings (SSSR count). The van der Waals surface area contributed by atoms with Crippen LogP contribution >= 0.6 is 23.4 Å². The van der Waals surface area contributed by atoms with Crippen molar-refractivity contribution in [2.24, 2.45) is 10.2 Å². The molecule has 2 aromatic carbocycles. The molecule has 1 saturated heterocycles. The number of benzene rings is 2. The number of carbonyl (C=O) groups excluding carboxylic acids is 1. The summed E-state index contributed by atoms with van der Waals surface area (Å²) >= 11 is 7.25. The molecule has 4 nitrogen and oxygen atoms in total. The number of nitrogens with one attached hydrogen (secondary N) is 1. The van der Waals surface area contributed by atoms with E-state index in [0.717, 1.165) is 5.56 Å². The molecular formula is C18H16ClN3OS. The maximum Gasteiger partial charge on any atom is 0.239 e. The van der Waals surface area contributed by atoms with E-state index >= 15 is 0 Å². The first kappa shape index (κ1) is 16.7. The van der Waals surface area contributed by atoms with Gasteiger partial charge < -0.3 is 5.32 Å². The standard InChI is InChI=1S/C18H16ClN3OS/c1-12-4-2-3-5-14(12)10-16-17(23)21-18(24-16)22-20-11-13-6-8-15(19)9-7-13/h2-9,11,16H,10H2,1H3,(H,21,22,23)/b20-11-/t16-/m0/s1. The lowest BCUT2D eigenvalue weighted by Crippen LogP contribution is -2.26. The maximum atomic E-state index is 12.1. The molecule has 0 bridgehead atoms. The Hall–Kier alpha value is -2.11. The molecule has 0 spiro atoms. The van der Waals surface area contributed by atoms with Gasteiger partial charge in [-0.2, -0.15) is 5.10 Å². The monoisotopic (exact) mass is 357 g/mol. The van der Waals surface area contributed by atoms with E-state index in [2.05, 4.69) is 34.6 Å². The highest BCUT2D eigenvalue weighted by atomic mass is 35.5. The largest absolute Gasteiger partial charge is 0.303 e. The Morgan fingerprint density at radius 1 is 1.21 bits per heavy atom. The third-order valence-electron chi connectivity index (χ3n) is 3.67. The molecule has 6 heteroatoms. The summed E-state index contributed by atoms with van der Waals surface area (Å²) in [7, 11) is 0. The highest BCUT2D eigenvalue weighted by Gasteiger charge is 2.30. The van der Waals surface area contributed by atoms with Crippen LogP contribution in [0.4, 0.5) is 0 Å². The molecule has 1 aliphatic rings. The van der Waals surface area contributed by atoms with E-state index in [1.54, 1.807) is 18.3 Å². The first-order valence-corrected chi connectivity index (χ1v) is 8.76. The van der Waals surface area contributed by atoms with Gasteiger partial charge in [0, 0.05) is 5.02 Å². The number of thioether (sulfide) groups is 1. The second-order valence-electron chi connectivity index (χ2n) is 5.43. The van der Waals surface area contributed by atoms with Gasteiger partial charge in [0.15, 0.2) is 5.17 Å². The SMILES string of the molecule is Cc1ccccc1C[C@@H]1SC(=N/N=C\c2ccc(Cl)cc2)NC1=O. The van der Waals surface area contributed by atoms with Crippen LogP contribution in [0.25, 0.3) is 0 Å². The molecule has 1 N–H and O–H groups in total. The molecule has 0 unspecified atom stereocenters. The van der Waals surface area contributed by atoms with Crippen LogP contribution in [0.3, 0.4) is 0 Å². The van der Waals surface area contributed by atoms with Gasteiger partial charge in [0.1, 0.15) is 0 Å². The number of nitrogens with zero attached hydrogens (tertiary/aromatic N) is 2. The van der Waals surface area contributed by atoms with Crippen LogP contribution in [0.15, 0.2) is 58.7 Å². The van der Waals surface area contributed by atoms with Crippen LogP contribution < -0.4 is 5.32 Å². The topological polar surface area (TPSA) is 53.8 Å². The Kier molecular flexibility index (Phi) is 5.33. The van der Waals surface area contributed by atoms with E-state index in [-0.39, 0.29) is 11.2 Å². The maximum absolute atomic E-state index is 12.1. The zero-order chi connectivity index (χ0) is 16.9. The number of hydrogen-bond acceptors (Lipinski definition) is 4. The predicted molar refractivity (Wildman–Crippen MR) is 101 cm³/mol. The van der Waals surface area contributed by atoms with E-state index in [4.69, 9.17) is 11.6 Å². The highest BCUT2D eigenvalue weighted by molar-refractivity contribution is 8.15. The van der Waals surface area contributed by atoms with Gasteiger partial charge >= 0.3 is 0 Å². The number of amides is 1. The number of carbonyl (C=O) groups is 1. The van der Waals surface area contributed by atoms with Crippen LogP contribution in [0.2, 0.25) is 5.02 Å². The zero-order valence-electron chi connectivity index (χ0n) is 13.1. The van der Waals surface area contributed by atoms with Crippen molar-refractivity contribution in [3.8, 4) is 0 Å². The van der Waals surface area contributed by atoms with Crippen LogP contribution in [0.1, 0.15) is 16.7 Å². The lowest BCUT2D eigenvalue weighted by atomic mass is 10.0. The number of hydrogen-bond donors (Lipinski definition) is 1. The molecule has 2 aromatic rings. The van der Waals surface area contributed by atoms with Gasteiger partial charge in [0.2, 0.25) is 5.91 Å². The molecule has 0 aliphatic carbocycles. The first-order valence-electron chi connectivity index (χ1n) is 7.50. The summed E-state index contributed by atoms with van der Waals surface area (Å²) in [5.74, 6) is -0.0244. The van der Waals surface area contributed by atoms with Gasteiger partial charge in [-0.3, -0.25) is 4.79 Å². The van der Waals surface area contributed by atoms with Crippen molar-refractivity contribution in [3.63, 3.8) is 0 Å². The number of aryl methyl sites for hydroxylation is 1. The molecule has 0 radical (unpaired) electrons. The number of halogens is 1. The Bertz CT molecular complexity index is 802. The Balaban J connectivity index is 1.63. The molecule has 1 heterocycles. The fourth-order valence-corrected chi connectivity index (χ4v) is 3.40. The highest BCUT2D eigenvalue weighted by Crippen LogP contribution is 2.24.